The Morgan fingerprint density at radius 3 is 2.06 bits per heavy atom. The minimum Gasteiger partial charge on any atom is -0.480 e. The summed E-state index contributed by atoms with van der Waals surface area (Å²) in [7, 11) is 2.47. The number of guanidine groups is 1. The number of rotatable bonds is 14. The van der Waals surface area contributed by atoms with Crippen LogP contribution in [-0.4, -0.2) is 143 Å². The first-order valence-corrected chi connectivity index (χ1v) is 23.4. The van der Waals surface area contributed by atoms with E-state index < -0.39 is 114 Å². The number of carbonyl (C=O) groups is 9. The molecule has 2 rings (SSSR count). The van der Waals surface area contributed by atoms with Gasteiger partial charge in [0.25, 0.3) is 5.91 Å². The van der Waals surface area contributed by atoms with Crippen molar-refractivity contribution in [1.82, 2.24) is 36.4 Å². The molecular weight excluding hydrogens is 905 g/mol. The predicted octanol–water partition coefficient (Wildman–Crippen LogP) is 0.421. The number of carboxylic acid groups (broad SMARTS) is 1. The van der Waals surface area contributed by atoms with E-state index in [1.807, 2.05) is 43.3 Å². The number of carbonyl (C=O) groups excluding carboxylic acids is 8. The fourth-order valence-electron chi connectivity index (χ4n) is 7.45. The number of amides is 7. The highest BCUT2D eigenvalue weighted by atomic mass is 16.4. The van der Waals surface area contributed by atoms with Gasteiger partial charge in [-0.3, -0.25) is 38.6 Å². The van der Waals surface area contributed by atoms with Crippen molar-refractivity contribution in [1.29, 1.82) is 0 Å². The lowest BCUT2D eigenvalue weighted by atomic mass is 9.94. The molecule has 21 heteroatoms. The summed E-state index contributed by atoms with van der Waals surface area (Å²) in [5.41, 5.74) is 12.2. The zero-order valence-electron chi connectivity index (χ0n) is 41.8. The van der Waals surface area contributed by atoms with Crippen LogP contribution < -0.4 is 38.1 Å². The third-order valence-corrected chi connectivity index (χ3v) is 12.1. The third-order valence-electron chi connectivity index (χ3n) is 12.1. The number of nitrogens with two attached hydrogens (primary N) is 2. The van der Waals surface area contributed by atoms with Gasteiger partial charge in [-0.25, -0.2) is 4.79 Å². The second-order valence-electron chi connectivity index (χ2n) is 18.3. The molecule has 1 fully saturated rings. The fraction of sp³-hybridized carbons (Fsp3) is 0.551. The second-order valence-corrected chi connectivity index (χ2v) is 18.3. The number of aliphatic hydroxyl groups is 1. The molecule has 10 atom stereocenters. The van der Waals surface area contributed by atoms with Gasteiger partial charge in [-0.05, 0) is 57.4 Å². The molecule has 1 heterocycles. The molecule has 1 saturated heterocycles. The van der Waals surface area contributed by atoms with Gasteiger partial charge >= 0.3 is 5.97 Å². The number of hydrogen-bond donors (Lipinski definition) is 9. The molecule has 7 amide bonds. The molecule has 0 aromatic heterocycles. The molecule has 1 aromatic carbocycles. The van der Waals surface area contributed by atoms with Gasteiger partial charge < -0.3 is 62.9 Å². The summed E-state index contributed by atoms with van der Waals surface area (Å²) in [5, 5.41) is 34.3. The molecule has 21 nitrogen and oxygen atoms in total. The molecule has 0 radical (unpaired) electrons. The molecule has 1 aliphatic heterocycles. The van der Waals surface area contributed by atoms with Crippen molar-refractivity contribution in [3.8, 4) is 0 Å². The number of nitrogens with zero attached hydrogens (tertiary/aromatic N) is 3. The summed E-state index contributed by atoms with van der Waals surface area (Å²) in [5.74, 6) is -10.3. The van der Waals surface area contributed by atoms with Crippen molar-refractivity contribution in [2.75, 3.05) is 20.6 Å². The topological polar surface area (TPSA) is 325 Å². The number of nitrogens with one attached hydrogen (secondary N) is 5. The molecule has 0 spiro atoms. The van der Waals surface area contributed by atoms with E-state index in [0.717, 1.165) is 15.4 Å². The highest BCUT2D eigenvalue weighted by Gasteiger charge is 2.37. The van der Waals surface area contributed by atoms with Crippen LogP contribution in [0.1, 0.15) is 86.1 Å². The number of carboxylic acids is 1. The smallest absolute Gasteiger partial charge is 0.326 e. The van der Waals surface area contributed by atoms with Gasteiger partial charge in [0.1, 0.15) is 36.2 Å². The van der Waals surface area contributed by atoms with Gasteiger partial charge in [0.2, 0.25) is 35.4 Å². The summed E-state index contributed by atoms with van der Waals surface area (Å²) in [6.07, 6.45) is 4.27. The Morgan fingerprint density at radius 2 is 1.47 bits per heavy atom. The van der Waals surface area contributed by atoms with Gasteiger partial charge in [0.15, 0.2) is 5.96 Å². The first kappa shape index (κ1) is 59.2. The molecule has 0 unspecified atom stereocenters. The monoisotopic (exact) mass is 979 g/mol. The van der Waals surface area contributed by atoms with Crippen molar-refractivity contribution < 1.29 is 53.4 Å². The normalized spacial score (nSPS) is 25.7. The average Bonchev–Trinajstić information content (AvgIpc) is 3.30. The molecule has 386 valence electrons. The SMILES string of the molecule is C=C1C(=O)N[C@H](C)C(=O)N[C@@H](CC(C)C)C(=O)N[C@@H](C=O)[C@H](C)C(=O)N[C@@H](CCCN=C(N)N)C(=O)N[C@@H](/C=C/C(C)=C/[C@H](C)[C@@H](O)Cc2ccccc2)[C@H](C)C(=O)N(C)[C@@H](C(=O)O)CCC(=O)N1C. The lowest BCUT2D eigenvalue weighted by molar-refractivity contribution is -0.151. The van der Waals surface area contributed by atoms with Gasteiger partial charge in [-0.1, -0.05) is 95.3 Å². The second kappa shape index (κ2) is 28.6. The maximum absolute atomic E-state index is 14.4. The van der Waals surface area contributed by atoms with Crippen LogP contribution in [0.4, 0.5) is 0 Å². The number of aliphatic carboxylic acids is 1. The van der Waals surface area contributed by atoms with E-state index in [1.54, 1.807) is 26.8 Å². The highest BCUT2D eigenvalue weighted by Crippen LogP contribution is 2.19. The molecule has 0 bridgehead atoms. The van der Waals surface area contributed by atoms with Crippen LogP contribution >= 0.6 is 0 Å². The molecule has 1 aromatic rings. The number of hydrogen-bond acceptors (Lipinski definition) is 11. The number of aliphatic hydroxyl groups excluding tert-OH is 1. The van der Waals surface area contributed by atoms with Crippen LogP contribution in [0.3, 0.4) is 0 Å². The van der Waals surface area contributed by atoms with Crippen molar-refractivity contribution in [3.63, 3.8) is 0 Å². The van der Waals surface area contributed by atoms with Crippen LogP contribution in [0.15, 0.2) is 71.4 Å². The van der Waals surface area contributed by atoms with Crippen LogP contribution in [0.25, 0.3) is 0 Å². The summed E-state index contributed by atoms with van der Waals surface area (Å²) in [6, 6.07) is 1.40. The van der Waals surface area contributed by atoms with E-state index in [0.29, 0.717) is 18.3 Å². The first-order chi connectivity index (χ1) is 32.8. The van der Waals surface area contributed by atoms with Crippen LogP contribution in [0.5, 0.6) is 0 Å². The number of benzene rings is 1. The highest BCUT2D eigenvalue weighted by molar-refractivity contribution is 6.00. The lowest BCUT2D eigenvalue weighted by Gasteiger charge is -2.31. The van der Waals surface area contributed by atoms with Crippen molar-refractivity contribution in [2.24, 2.45) is 40.1 Å². The lowest BCUT2D eigenvalue weighted by Crippen LogP contribution is -2.58. The number of allylic oxidation sites excluding steroid dienone is 2. The molecular formula is C49H74N10O11. The first-order valence-electron chi connectivity index (χ1n) is 23.4. The maximum atomic E-state index is 14.4. The van der Waals surface area contributed by atoms with Crippen LogP contribution in [-0.2, 0) is 49.6 Å². The minimum absolute atomic E-state index is 0.0548. The molecule has 70 heavy (non-hydrogen) atoms. The van der Waals surface area contributed by atoms with E-state index in [4.69, 9.17) is 11.5 Å². The Morgan fingerprint density at radius 1 is 0.871 bits per heavy atom. The fourth-order valence-corrected chi connectivity index (χ4v) is 7.45. The van der Waals surface area contributed by atoms with Gasteiger partial charge in [0.05, 0.1) is 30.0 Å². The molecule has 0 saturated carbocycles. The van der Waals surface area contributed by atoms with Crippen LogP contribution in [0.2, 0.25) is 0 Å². The average molecular weight is 979 g/mol. The zero-order chi connectivity index (χ0) is 53.0. The summed E-state index contributed by atoms with van der Waals surface area (Å²) in [4.78, 5) is 127. The number of aliphatic imine (C=N–C) groups is 1. The Balaban J connectivity index is 2.72. The van der Waals surface area contributed by atoms with E-state index in [1.165, 1.54) is 40.9 Å². The quantitative estimate of drug-likeness (QED) is 0.0305. The van der Waals surface area contributed by atoms with Gasteiger partial charge in [0, 0.05) is 33.0 Å². The Hall–Kier alpha value is -6.90. The van der Waals surface area contributed by atoms with Crippen LogP contribution in [0, 0.1) is 23.7 Å². The van der Waals surface area contributed by atoms with E-state index in [2.05, 4.69) is 38.2 Å². The summed E-state index contributed by atoms with van der Waals surface area (Å²) >= 11 is 0. The van der Waals surface area contributed by atoms with Crippen molar-refractivity contribution in [2.45, 2.75) is 129 Å². The van der Waals surface area contributed by atoms with Crippen molar-refractivity contribution >= 4 is 59.6 Å². The molecule has 1 aliphatic rings. The van der Waals surface area contributed by atoms with Crippen molar-refractivity contribution in [3.05, 3.63) is 72.0 Å². The molecule has 0 aliphatic carbocycles. The van der Waals surface area contributed by atoms with E-state index in [9.17, 15) is 53.4 Å². The number of likely N-dealkylation sites (N-methyl/N-ethyl adjacent to an activating group) is 2. The summed E-state index contributed by atoms with van der Waals surface area (Å²) < 4.78 is 0. The predicted molar refractivity (Wildman–Crippen MR) is 263 cm³/mol. The Bertz CT molecular complexity index is 2120. The van der Waals surface area contributed by atoms with E-state index >= 15 is 0 Å². The Labute approximate surface area is 410 Å². The Kier molecular flexibility index (Phi) is 24.2. The third kappa shape index (κ3) is 18.9. The largest absolute Gasteiger partial charge is 0.480 e. The standard InChI is InChI=1S/C49H74N10O11/c1-27(2)23-37-46(67)57-38(26-60)30(5)42(63)55-36(17-14-22-52-49(50)51)45(66)54-35(19-18-28(3)24-29(4)40(61)25-34-15-12-11-13-16-34)31(6)47(68)59(10)39(48(69)70)20-21-41(62)58(9)33(8)44(65)53-32(7)43(64)56-37/h11-13,15-16,18-19,24,26-27,29-32,35-40,61H,8,14,17,20-23,25H2,1-7,9-10H3,(H,53,65)(H,54,66)(H,55,63)(H,56,64)(H,57,67)(H,69,70)(H4,50,51,52)/b19-18+,28-24+/t29-,30-,31-,32+,35-,36-,37-,38-,39+,40-/m0/s1. The van der Waals surface area contributed by atoms with Gasteiger partial charge in [-0.15, -0.1) is 0 Å². The minimum atomic E-state index is -1.56. The zero-order valence-corrected chi connectivity index (χ0v) is 41.8. The number of aldehydes is 1. The maximum Gasteiger partial charge on any atom is 0.326 e. The summed E-state index contributed by atoms with van der Waals surface area (Å²) in [6.45, 7) is 15.0. The molecule has 11 N–H and O–H groups in total. The van der Waals surface area contributed by atoms with E-state index in [-0.39, 0.29) is 49.3 Å². The van der Waals surface area contributed by atoms with Gasteiger partial charge in [-0.2, -0.15) is 0 Å².